The maximum absolute atomic E-state index is 15.4. The summed E-state index contributed by atoms with van der Waals surface area (Å²) in [5.41, 5.74) is 23.2. The number of hydrogen-bond donors (Lipinski definition) is 12. The largest absolute Gasteiger partial charge is 0.391 e. The smallest absolute Gasteiger partial charge is 0.245 e. The molecule has 0 radical (unpaired) electrons. The number of nitrogens with one attached hydrogen (secondary N) is 8. The van der Waals surface area contributed by atoms with Crippen LogP contribution in [0, 0.1) is 0 Å². The molecule has 15 N–H and O–H groups in total. The number of hydrogen-bond acceptors (Lipinski definition) is 14. The Morgan fingerprint density at radius 1 is 0.552 bits per heavy atom. The highest BCUT2D eigenvalue weighted by Crippen LogP contribution is 2.25. The van der Waals surface area contributed by atoms with Crippen LogP contribution in [0.5, 0.6) is 0 Å². The second-order valence-electron chi connectivity index (χ2n) is 24.0. The molecule has 1 aliphatic rings. The quantitative estimate of drug-likeness (QED) is 0.0432. The first-order valence-electron chi connectivity index (χ1n) is 32.1. The molecule has 1 fully saturated rings. The summed E-state index contributed by atoms with van der Waals surface area (Å²) >= 11 is 0. The van der Waals surface area contributed by atoms with Crippen LogP contribution in [-0.2, 0) is 75.3 Å². The summed E-state index contributed by atoms with van der Waals surface area (Å²) in [5, 5.41) is 31.7. The molecule has 8 aromatic rings. The van der Waals surface area contributed by atoms with Crippen molar-refractivity contribution in [1.82, 2.24) is 51.7 Å². The monoisotopic (exact) mass is 1340 g/mol. The van der Waals surface area contributed by atoms with Crippen LogP contribution in [0.3, 0.4) is 0 Å². The number of rotatable bonds is 18. The Bertz CT molecular complexity index is 4000. The number of primary amides is 1. The second-order valence-corrected chi connectivity index (χ2v) is 26.7. The molecule has 9 rings (SSSR count). The third-order valence-corrected chi connectivity index (χ3v) is 19.2. The van der Waals surface area contributed by atoms with E-state index in [0.29, 0.717) is 35.1 Å². The van der Waals surface area contributed by atoms with Crippen molar-refractivity contribution < 1.29 is 48.3 Å². The molecule has 25 heteroatoms. The van der Waals surface area contributed by atoms with Gasteiger partial charge in [0.25, 0.3) is 0 Å². The first-order valence-corrected chi connectivity index (χ1v) is 34.6. The van der Waals surface area contributed by atoms with Crippen molar-refractivity contribution in [3.63, 3.8) is 0 Å². The minimum atomic E-state index is -1.70. The lowest BCUT2D eigenvalue weighted by Crippen LogP contribution is -2.62. The van der Waals surface area contributed by atoms with E-state index in [4.69, 9.17) is 17.2 Å². The molecule has 23 nitrogen and oxygen atoms in total. The highest BCUT2D eigenvalue weighted by atomic mass is 33.1. The van der Waals surface area contributed by atoms with Crippen molar-refractivity contribution in [2.24, 2.45) is 17.2 Å². The van der Waals surface area contributed by atoms with Gasteiger partial charge in [0.1, 0.15) is 36.3 Å². The highest BCUT2D eigenvalue weighted by Gasteiger charge is 2.37. The lowest BCUT2D eigenvalue weighted by atomic mass is 10.00. The van der Waals surface area contributed by atoms with Crippen LogP contribution in [0.25, 0.3) is 32.6 Å². The average molecular weight is 1340 g/mol. The third kappa shape index (κ3) is 19.8. The van der Waals surface area contributed by atoms with Crippen LogP contribution in [0.4, 0.5) is 0 Å². The first-order chi connectivity index (χ1) is 46.4. The molecule has 2 aromatic heterocycles. The topological polar surface area (TPSA) is 362 Å². The lowest BCUT2D eigenvalue weighted by molar-refractivity contribution is -0.140. The van der Waals surface area contributed by atoms with E-state index in [2.05, 4.69) is 41.9 Å². The van der Waals surface area contributed by atoms with Gasteiger partial charge >= 0.3 is 0 Å². The number of fused-ring (bicyclic) bond motifs is 3. The van der Waals surface area contributed by atoms with Gasteiger partial charge in [-0.25, -0.2) is 0 Å². The minimum Gasteiger partial charge on any atom is -0.391 e. The lowest BCUT2D eigenvalue weighted by Gasteiger charge is -2.30. The fourth-order valence-electron chi connectivity index (χ4n) is 11.8. The summed E-state index contributed by atoms with van der Waals surface area (Å²) in [6, 6.07) is 36.3. The van der Waals surface area contributed by atoms with Crippen LogP contribution >= 0.6 is 21.6 Å². The molecule has 9 amide bonds. The summed E-state index contributed by atoms with van der Waals surface area (Å²) in [7, 11) is 2.63. The Kier molecular flexibility index (Phi) is 25.6. The van der Waals surface area contributed by atoms with E-state index in [1.165, 1.54) is 38.3 Å². The fraction of sp³-hybridized carbons (Fsp3) is 0.338. The summed E-state index contributed by atoms with van der Waals surface area (Å²) in [6.45, 7) is 0.404. The Morgan fingerprint density at radius 3 is 1.62 bits per heavy atom. The fourth-order valence-corrected chi connectivity index (χ4v) is 13.8. The molecule has 0 unspecified atom stereocenters. The number of aromatic amines is 2. The molecule has 0 saturated carbocycles. The zero-order valence-corrected chi connectivity index (χ0v) is 55.0. The maximum Gasteiger partial charge on any atom is 0.245 e. The van der Waals surface area contributed by atoms with Gasteiger partial charge in [0, 0.05) is 84.5 Å². The van der Waals surface area contributed by atoms with Gasteiger partial charge in [-0.1, -0.05) is 161 Å². The van der Waals surface area contributed by atoms with Gasteiger partial charge < -0.3 is 74.0 Å². The van der Waals surface area contributed by atoms with Crippen LogP contribution in [0.1, 0.15) is 54.0 Å². The zero-order valence-electron chi connectivity index (χ0n) is 53.4. The van der Waals surface area contributed by atoms with Gasteiger partial charge in [0.15, 0.2) is 0 Å². The van der Waals surface area contributed by atoms with Crippen LogP contribution in [0.2, 0.25) is 0 Å². The van der Waals surface area contributed by atoms with Gasteiger partial charge in [0.2, 0.25) is 53.2 Å². The standard InChI is InChI=1S/C71H83N13O10S2/c1-44(85)64-69(92)81-61(37-46-18-6-3-7-19-46)71(94)83(42-62(74)86)30-32-95-96-33-31-84(70(93)54(73)35-47-27-28-48-20-8-9-21-49(48)34-47)43-63(87)77-58(36-45-16-4-2-5-17-45)66(89)79-60(39-51-41-76-56-25-13-11-23-53(51)56)68(91)80-59(38-50-40-75-55-24-12-10-22-52(50)55)67(90)78-57(65(88)82-64)26-14-15-29-72/h2-13,16-25,27-28,34,40-41,44,54,57-61,64,75-76,85H,14-15,26,29-33,35-39,42-43,72-73H2,1H3,(H2,74,86)(H,77,87)(H,78,90)(H,79,89)(H,80,91)(H,81,92)(H,82,88)/t44-,54-,57+,58+,59-,60+,61+,64+/m1/s1. The van der Waals surface area contributed by atoms with E-state index in [-0.39, 0.29) is 69.7 Å². The molecule has 0 bridgehead atoms. The molecule has 6 aromatic carbocycles. The Hall–Kier alpha value is -9.53. The summed E-state index contributed by atoms with van der Waals surface area (Å²) < 4.78 is 0. The number of nitrogens with zero attached hydrogens (tertiary/aromatic N) is 2. The predicted molar refractivity (Wildman–Crippen MR) is 373 cm³/mol. The molecule has 1 saturated heterocycles. The summed E-state index contributed by atoms with van der Waals surface area (Å²) in [4.78, 5) is 141. The van der Waals surface area contributed by atoms with E-state index >= 15 is 14.4 Å². The molecule has 8 atom stereocenters. The molecule has 3 heterocycles. The van der Waals surface area contributed by atoms with Gasteiger partial charge in [-0.2, -0.15) is 0 Å². The van der Waals surface area contributed by atoms with Crippen molar-refractivity contribution >= 4 is 107 Å². The number of H-pyrrole nitrogens is 2. The third-order valence-electron chi connectivity index (χ3n) is 16.8. The Balaban J connectivity index is 1.09. The van der Waals surface area contributed by atoms with Gasteiger partial charge in [0.05, 0.1) is 25.2 Å². The molecule has 1 aliphatic heterocycles. The number of nitrogens with two attached hydrogens (primary N) is 3. The number of benzene rings is 6. The Morgan fingerprint density at radius 2 is 1.05 bits per heavy atom. The van der Waals surface area contributed by atoms with Gasteiger partial charge in [-0.3, -0.25) is 43.2 Å². The van der Waals surface area contributed by atoms with E-state index < -0.39 is 115 Å². The molecular formula is C71H83N13O10S2. The average Bonchev–Trinajstić information content (AvgIpc) is 1.24. The SMILES string of the molecule is C[C@@H](O)[C@@H]1NC(=O)[C@H](CCCCN)NC(=O)[C@@H](Cc2c[nH]c3ccccc23)NC(=O)[C@H](Cc2c[nH]c3ccccc23)NC(=O)[C@H](Cc2ccccc2)NC(=O)CN(C(=O)[C@H](N)Cc2ccc3ccccc3c2)CCSSCCN(CC(N)=O)C(=O)[C@H](Cc2ccccc2)NC1=O. The number of para-hydroxylation sites is 2. The number of carbonyl (C=O) groups is 9. The van der Waals surface area contributed by atoms with E-state index in [1.54, 1.807) is 73.1 Å². The number of unbranched alkanes of at least 4 members (excludes halogenated alkanes) is 1. The van der Waals surface area contributed by atoms with Crippen LogP contribution < -0.4 is 49.1 Å². The van der Waals surface area contributed by atoms with Crippen molar-refractivity contribution in [1.29, 1.82) is 0 Å². The van der Waals surface area contributed by atoms with Crippen molar-refractivity contribution in [2.75, 3.05) is 44.2 Å². The van der Waals surface area contributed by atoms with Gasteiger partial charge in [-0.05, 0) is 89.9 Å². The highest BCUT2D eigenvalue weighted by molar-refractivity contribution is 8.76. The number of aliphatic hydroxyl groups is 1. The number of carbonyl (C=O) groups excluding carboxylic acids is 9. The van der Waals surface area contributed by atoms with E-state index in [9.17, 15) is 33.9 Å². The van der Waals surface area contributed by atoms with Crippen molar-refractivity contribution in [3.8, 4) is 0 Å². The van der Waals surface area contributed by atoms with Gasteiger partial charge in [-0.15, -0.1) is 0 Å². The summed E-state index contributed by atoms with van der Waals surface area (Å²) in [6.07, 6.45) is 2.33. The zero-order chi connectivity index (χ0) is 68.1. The van der Waals surface area contributed by atoms with E-state index in [0.717, 1.165) is 38.1 Å². The second kappa shape index (κ2) is 34.8. The molecule has 96 heavy (non-hydrogen) atoms. The first kappa shape index (κ1) is 70.8. The predicted octanol–water partition coefficient (Wildman–Crippen LogP) is 3.60. The number of amides is 9. The minimum absolute atomic E-state index is 0.00437. The Labute approximate surface area is 564 Å². The molecule has 0 aliphatic carbocycles. The molecular weight excluding hydrogens is 1260 g/mol. The number of aliphatic hydroxyl groups excluding tert-OH is 1. The van der Waals surface area contributed by atoms with Crippen LogP contribution in [-0.4, -0.2) is 171 Å². The number of aromatic nitrogens is 2. The maximum atomic E-state index is 15.4. The summed E-state index contributed by atoms with van der Waals surface area (Å²) in [5.74, 6) is -6.56. The van der Waals surface area contributed by atoms with E-state index in [1.807, 2.05) is 91.0 Å². The molecule has 0 spiro atoms. The molecule has 504 valence electrons. The normalized spacial score (nSPS) is 20.4. The van der Waals surface area contributed by atoms with Crippen molar-refractivity contribution in [2.45, 2.75) is 107 Å². The van der Waals surface area contributed by atoms with Crippen LogP contribution in [0.15, 0.2) is 164 Å². The van der Waals surface area contributed by atoms with Crippen molar-refractivity contribution in [3.05, 3.63) is 192 Å².